The Kier molecular flexibility index (Phi) is 3.12. The van der Waals surface area contributed by atoms with E-state index in [2.05, 4.69) is 15.6 Å². The standard InChI is InChI=1S/C18H15N3O2/c22-17(20-12-5-6-15-11(9-12)7-8-19-15)10-16-13-3-1-2-4-14(13)18(23)21-16/h1-9,16,19H,10H2,(H,20,22)(H,21,23)/t16-/m0/s1. The lowest BCUT2D eigenvalue weighted by atomic mass is 10.0. The molecule has 2 aromatic carbocycles. The van der Waals surface area contributed by atoms with Crippen LogP contribution in [0.15, 0.2) is 54.7 Å². The maximum Gasteiger partial charge on any atom is 0.252 e. The molecule has 0 unspecified atom stereocenters. The summed E-state index contributed by atoms with van der Waals surface area (Å²) in [6, 6.07) is 14.8. The van der Waals surface area contributed by atoms with Gasteiger partial charge in [0.1, 0.15) is 0 Å². The van der Waals surface area contributed by atoms with Crippen molar-refractivity contribution in [1.29, 1.82) is 0 Å². The third-order valence-electron chi connectivity index (χ3n) is 4.11. The van der Waals surface area contributed by atoms with Crippen LogP contribution >= 0.6 is 0 Å². The summed E-state index contributed by atoms with van der Waals surface area (Å²) in [5, 5.41) is 6.79. The molecule has 0 saturated heterocycles. The Morgan fingerprint density at radius 2 is 2.00 bits per heavy atom. The minimum atomic E-state index is -0.269. The number of amides is 2. The van der Waals surface area contributed by atoms with Gasteiger partial charge in [0.2, 0.25) is 5.91 Å². The second-order valence-corrected chi connectivity index (χ2v) is 5.65. The molecule has 4 rings (SSSR count). The van der Waals surface area contributed by atoms with Crippen molar-refractivity contribution in [2.45, 2.75) is 12.5 Å². The Hall–Kier alpha value is -3.08. The molecule has 0 bridgehead atoms. The molecular formula is C18H15N3O2. The number of H-pyrrole nitrogens is 1. The molecule has 114 valence electrons. The number of aromatic amines is 1. The average Bonchev–Trinajstić information content (AvgIpc) is 3.12. The van der Waals surface area contributed by atoms with Crippen LogP contribution in [0.5, 0.6) is 0 Å². The van der Waals surface area contributed by atoms with E-state index in [4.69, 9.17) is 0 Å². The summed E-state index contributed by atoms with van der Waals surface area (Å²) >= 11 is 0. The first-order valence-corrected chi connectivity index (χ1v) is 7.47. The first-order chi connectivity index (χ1) is 11.2. The monoisotopic (exact) mass is 305 g/mol. The number of fused-ring (bicyclic) bond motifs is 2. The Morgan fingerprint density at radius 1 is 1.13 bits per heavy atom. The van der Waals surface area contributed by atoms with Gasteiger partial charge < -0.3 is 15.6 Å². The number of carbonyl (C=O) groups is 2. The molecule has 0 saturated carbocycles. The van der Waals surface area contributed by atoms with E-state index < -0.39 is 0 Å². The van der Waals surface area contributed by atoms with Crippen molar-refractivity contribution in [2.75, 3.05) is 5.32 Å². The number of nitrogens with one attached hydrogen (secondary N) is 3. The maximum atomic E-state index is 12.3. The molecule has 1 aromatic heterocycles. The van der Waals surface area contributed by atoms with Crippen molar-refractivity contribution < 1.29 is 9.59 Å². The van der Waals surface area contributed by atoms with E-state index in [1.54, 1.807) is 6.07 Å². The Labute approximate surface area is 132 Å². The summed E-state index contributed by atoms with van der Waals surface area (Å²) in [4.78, 5) is 27.3. The third-order valence-corrected chi connectivity index (χ3v) is 4.11. The maximum absolute atomic E-state index is 12.3. The van der Waals surface area contributed by atoms with Gasteiger partial charge in [-0.15, -0.1) is 0 Å². The molecule has 1 aliphatic heterocycles. The summed E-state index contributed by atoms with van der Waals surface area (Å²) < 4.78 is 0. The number of hydrogen-bond donors (Lipinski definition) is 3. The lowest BCUT2D eigenvalue weighted by Gasteiger charge is -2.12. The normalized spacial score (nSPS) is 16.2. The van der Waals surface area contributed by atoms with Crippen LogP contribution in [-0.4, -0.2) is 16.8 Å². The van der Waals surface area contributed by atoms with Crippen molar-refractivity contribution in [2.24, 2.45) is 0 Å². The lowest BCUT2D eigenvalue weighted by molar-refractivity contribution is -0.116. The van der Waals surface area contributed by atoms with Gasteiger partial charge in [0.25, 0.3) is 5.91 Å². The SMILES string of the molecule is O=C(C[C@@H]1NC(=O)c2ccccc21)Nc1ccc2[nH]ccc2c1. The minimum Gasteiger partial charge on any atom is -0.361 e. The van der Waals surface area contributed by atoms with Gasteiger partial charge in [0.15, 0.2) is 0 Å². The molecule has 5 heteroatoms. The van der Waals surface area contributed by atoms with Crippen molar-refractivity contribution >= 4 is 28.4 Å². The van der Waals surface area contributed by atoms with Crippen LogP contribution in [0.2, 0.25) is 0 Å². The van der Waals surface area contributed by atoms with Crippen LogP contribution in [0.3, 0.4) is 0 Å². The molecule has 1 aliphatic rings. The zero-order valence-corrected chi connectivity index (χ0v) is 12.3. The van der Waals surface area contributed by atoms with Crippen LogP contribution < -0.4 is 10.6 Å². The summed E-state index contributed by atoms with van der Waals surface area (Å²) in [5.74, 6) is -0.242. The molecule has 0 aliphatic carbocycles. The van der Waals surface area contributed by atoms with E-state index in [0.29, 0.717) is 5.56 Å². The fourth-order valence-electron chi connectivity index (χ4n) is 3.01. The van der Waals surface area contributed by atoms with E-state index in [9.17, 15) is 9.59 Å². The van der Waals surface area contributed by atoms with Crippen molar-refractivity contribution in [1.82, 2.24) is 10.3 Å². The summed E-state index contributed by atoms with van der Waals surface area (Å²) in [7, 11) is 0. The molecule has 0 fully saturated rings. The molecule has 0 spiro atoms. The zero-order chi connectivity index (χ0) is 15.8. The number of carbonyl (C=O) groups excluding carboxylic acids is 2. The van der Waals surface area contributed by atoms with Gasteiger partial charge in [-0.3, -0.25) is 9.59 Å². The van der Waals surface area contributed by atoms with E-state index in [1.165, 1.54) is 0 Å². The molecule has 3 N–H and O–H groups in total. The topological polar surface area (TPSA) is 74.0 Å². The fraction of sp³-hybridized carbons (Fsp3) is 0.111. The van der Waals surface area contributed by atoms with E-state index >= 15 is 0 Å². The summed E-state index contributed by atoms with van der Waals surface area (Å²) in [6.45, 7) is 0. The van der Waals surface area contributed by atoms with Gasteiger partial charge in [-0.1, -0.05) is 18.2 Å². The molecule has 2 amide bonds. The smallest absolute Gasteiger partial charge is 0.252 e. The first-order valence-electron chi connectivity index (χ1n) is 7.47. The largest absolute Gasteiger partial charge is 0.361 e. The number of aromatic nitrogens is 1. The molecule has 5 nitrogen and oxygen atoms in total. The lowest BCUT2D eigenvalue weighted by Crippen LogP contribution is -2.24. The zero-order valence-electron chi connectivity index (χ0n) is 12.3. The first kappa shape index (κ1) is 13.6. The third kappa shape index (κ3) is 2.46. The predicted octanol–water partition coefficient (Wildman–Crippen LogP) is 2.98. The van der Waals surface area contributed by atoms with Gasteiger partial charge in [0, 0.05) is 28.4 Å². The predicted molar refractivity (Wildman–Crippen MR) is 88.2 cm³/mol. The minimum absolute atomic E-state index is 0.118. The van der Waals surface area contributed by atoms with Gasteiger partial charge in [0.05, 0.1) is 12.5 Å². The average molecular weight is 305 g/mol. The van der Waals surface area contributed by atoms with E-state index in [0.717, 1.165) is 22.2 Å². The van der Waals surface area contributed by atoms with Crippen LogP contribution in [0, 0.1) is 0 Å². The Balaban J connectivity index is 1.49. The quantitative estimate of drug-likeness (QED) is 0.696. The molecule has 0 radical (unpaired) electrons. The van der Waals surface area contributed by atoms with Crippen LogP contribution in [-0.2, 0) is 4.79 Å². The van der Waals surface area contributed by atoms with Crippen LogP contribution in [0.1, 0.15) is 28.4 Å². The molecule has 2 heterocycles. The van der Waals surface area contributed by atoms with Gasteiger partial charge in [-0.25, -0.2) is 0 Å². The van der Waals surface area contributed by atoms with Crippen molar-refractivity contribution in [3.05, 3.63) is 65.9 Å². The van der Waals surface area contributed by atoms with Crippen LogP contribution in [0.25, 0.3) is 10.9 Å². The van der Waals surface area contributed by atoms with Gasteiger partial charge >= 0.3 is 0 Å². The Bertz CT molecular complexity index is 913. The molecule has 3 aromatic rings. The highest BCUT2D eigenvalue weighted by molar-refractivity contribution is 6.01. The van der Waals surface area contributed by atoms with E-state index in [-0.39, 0.29) is 24.3 Å². The summed E-state index contributed by atoms with van der Waals surface area (Å²) in [5.41, 5.74) is 3.31. The number of hydrogen-bond acceptors (Lipinski definition) is 2. The van der Waals surface area contributed by atoms with Crippen molar-refractivity contribution in [3.8, 4) is 0 Å². The molecule has 1 atom stereocenters. The second kappa shape index (κ2) is 5.28. The van der Waals surface area contributed by atoms with Gasteiger partial charge in [-0.2, -0.15) is 0 Å². The fourth-order valence-corrected chi connectivity index (χ4v) is 3.01. The van der Waals surface area contributed by atoms with Crippen molar-refractivity contribution in [3.63, 3.8) is 0 Å². The highest BCUT2D eigenvalue weighted by Crippen LogP contribution is 2.28. The molecular weight excluding hydrogens is 290 g/mol. The summed E-state index contributed by atoms with van der Waals surface area (Å²) in [6.07, 6.45) is 2.08. The molecule has 23 heavy (non-hydrogen) atoms. The second-order valence-electron chi connectivity index (χ2n) is 5.65. The van der Waals surface area contributed by atoms with Crippen LogP contribution in [0.4, 0.5) is 5.69 Å². The number of rotatable bonds is 3. The van der Waals surface area contributed by atoms with Gasteiger partial charge in [-0.05, 0) is 35.9 Å². The highest BCUT2D eigenvalue weighted by Gasteiger charge is 2.29. The highest BCUT2D eigenvalue weighted by atomic mass is 16.2. The Morgan fingerprint density at radius 3 is 2.91 bits per heavy atom. The number of anilines is 1. The van der Waals surface area contributed by atoms with E-state index in [1.807, 2.05) is 48.7 Å². The number of benzene rings is 2.